The third-order valence-corrected chi connectivity index (χ3v) is 5.04. The summed E-state index contributed by atoms with van der Waals surface area (Å²) in [6, 6.07) is 7.37. The molecule has 0 fully saturated rings. The molecule has 9 heteroatoms. The number of nitrogens with zero attached hydrogens (tertiary/aromatic N) is 3. The predicted octanol–water partition coefficient (Wildman–Crippen LogP) is 3.35. The molecule has 0 amide bonds. The van der Waals surface area contributed by atoms with Crippen LogP contribution in [0.2, 0.25) is 0 Å². The summed E-state index contributed by atoms with van der Waals surface area (Å²) in [7, 11) is 0. The van der Waals surface area contributed by atoms with Gasteiger partial charge in [0, 0.05) is 11.5 Å². The van der Waals surface area contributed by atoms with Crippen molar-refractivity contribution in [2.75, 3.05) is 0 Å². The molecule has 0 bridgehead atoms. The van der Waals surface area contributed by atoms with Crippen LogP contribution in [0, 0.1) is 36.5 Å². The second-order valence-electron chi connectivity index (χ2n) is 6.50. The second kappa shape index (κ2) is 6.37. The molecule has 4 nitrogen and oxygen atoms in total. The lowest BCUT2D eigenvalue weighted by Gasteiger charge is -2.23. The van der Waals surface area contributed by atoms with Gasteiger partial charge in [-0.15, -0.1) is 0 Å². The van der Waals surface area contributed by atoms with Gasteiger partial charge in [-0.05, 0) is 11.1 Å². The molecule has 2 aliphatic rings. The van der Waals surface area contributed by atoms with Gasteiger partial charge in [-0.25, -0.2) is 17.7 Å². The molecule has 3 aromatic rings. The fourth-order valence-electron chi connectivity index (χ4n) is 3.82. The highest BCUT2D eigenvalue weighted by Crippen LogP contribution is 2.36. The first-order valence-electron chi connectivity index (χ1n) is 8.18. The lowest BCUT2D eigenvalue weighted by molar-refractivity contribution is -0.739. The Hall–Kier alpha value is -2.81. The maximum absolute atomic E-state index is 14.1. The average molecular weight is 395 g/mol. The largest absolute Gasteiger partial charge is 0.363 e. The maximum atomic E-state index is 14.1. The zero-order valence-corrected chi connectivity index (χ0v) is 14.6. The summed E-state index contributed by atoms with van der Waals surface area (Å²) in [6.45, 7) is 0.0670. The third kappa shape index (κ3) is 2.39. The van der Waals surface area contributed by atoms with E-state index in [9.17, 15) is 22.0 Å². The summed E-state index contributed by atoms with van der Waals surface area (Å²) in [5, 5.41) is 4.01. The van der Waals surface area contributed by atoms with Crippen molar-refractivity contribution in [3.05, 3.63) is 84.1 Å². The monoisotopic (exact) mass is 395 g/mol. The molecule has 0 unspecified atom stereocenters. The topological polar surface area (TPSA) is 30.9 Å². The lowest BCUT2D eigenvalue weighted by Crippen LogP contribution is -2.51. The van der Waals surface area contributed by atoms with Gasteiger partial charge in [0.1, 0.15) is 18.8 Å². The quantitative estimate of drug-likeness (QED) is 0.208. The van der Waals surface area contributed by atoms with Crippen molar-refractivity contribution in [3.63, 3.8) is 0 Å². The highest BCUT2D eigenvalue weighted by molar-refractivity contribution is 5.37. The number of hydrogen-bond acceptors (Lipinski definition) is 2. The molecule has 5 rings (SSSR count). The van der Waals surface area contributed by atoms with Crippen LogP contribution in [0.3, 0.4) is 0 Å². The fourth-order valence-corrected chi connectivity index (χ4v) is 3.82. The van der Waals surface area contributed by atoms with Gasteiger partial charge in [-0.2, -0.15) is 8.78 Å². The van der Waals surface area contributed by atoms with E-state index in [4.69, 9.17) is 4.74 Å². The Morgan fingerprint density at radius 3 is 2.32 bits per heavy atom. The number of rotatable bonds is 1. The van der Waals surface area contributed by atoms with Crippen molar-refractivity contribution in [1.82, 2.24) is 9.78 Å². The molecule has 0 radical (unpaired) electrons. The zero-order valence-electron chi connectivity index (χ0n) is 14.6. The Bertz CT molecular complexity index is 1070. The number of fused-ring (bicyclic) bond motifs is 5. The van der Waals surface area contributed by atoms with Crippen molar-refractivity contribution in [2.45, 2.75) is 25.2 Å². The number of hydrogen-bond donors (Lipinski definition) is 0. The summed E-state index contributed by atoms with van der Waals surface area (Å²) in [4.78, 5) is 0. The van der Waals surface area contributed by atoms with Gasteiger partial charge in [-0.3, -0.25) is 0 Å². The number of ether oxygens (including phenoxy) is 1. The van der Waals surface area contributed by atoms with Gasteiger partial charge in [0.2, 0.25) is 41.1 Å². The van der Waals surface area contributed by atoms with Crippen LogP contribution in [0.1, 0.15) is 23.0 Å². The third-order valence-electron chi connectivity index (χ3n) is 5.04. The summed E-state index contributed by atoms with van der Waals surface area (Å²) < 4.78 is 76.8. The Kier molecular flexibility index (Phi) is 4.22. The standard InChI is InChI=1S/C18H11F5N3O.CH3/c19-12-13(20)15(22)18(16(23)14(12)21)26-7-25-11(24-26)6-27-10-5-8-3-1-2-4-9(8)17(10)25;/h1-4,7,10,17H,5-6H2;1H3/q+1;-1/t10-,17+;/m0./s1. The Morgan fingerprint density at radius 1 is 0.964 bits per heavy atom. The van der Waals surface area contributed by atoms with Crippen LogP contribution in [0.5, 0.6) is 0 Å². The van der Waals surface area contributed by atoms with Crippen LogP contribution in [-0.2, 0) is 17.8 Å². The van der Waals surface area contributed by atoms with E-state index in [1.165, 1.54) is 6.33 Å². The van der Waals surface area contributed by atoms with Gasteiger partial charge in [0.15, 0.2) is 0 Å². The lowest BCUT2D eigenvalue weighted by atomic mass is 10.1. The second-order valence-corrected chi connectivity index (χ2v) is 6.50. The molecule has 1 aliphatic heterocycles. The molecule has 28 heavy (non-hydrogen) atoms. The summed E-state index contributed by atoms with van der Waals surface area (Å²) in [5.74, 6) is -9.76. The van der Waals surface area contributed by atoms with Crippen molar-refractivity contribution in [2.24, 2.45) is 0 Å². The molecule has 0 N–H and O–H groups in total. The van der Waals surface area contributed by atoms with Gasteiger partial charge >= 0.3 is 5.82 Å². The minimum Gasteiger partial charge on any atom is -0.363 e. The van der Waals surface area contributed by atoms with Gasteiger partial charge in [0.05, 0.1) is 0 Å². The molecule has 0 saturated carbocycles. The van der Waals surface area contributed by atoms with E-state index in [1.807, 2.05) is 24.3 Å². The van der Waals surface area contributed by atoms with Crippen molar-refractivity contribution >= 4 is 0 Å². The molecular formula is C19H14F5N3O. The van der Waals surface area contributed by atoms with E-state index >= 15 is 0 Å². The van der Waals surface area contributed by atoms with E-state index in [2.05, 4.69) is 5.10 Å². The summed E-state index contributed by atoms with van der Waals surface area (Å²) in [6.07, 6.45) is 1.73. The minimum absolute atomic E-state index is 0. The van der Waals surface area contributed by atoms with E-state index in [-0.39, 0.29) is 26.2 Å². The van der Waals surface area contributed by atoms with Crippen molar-refractivity contribution < 1.29 is 31.3 Å². The van der Waals surface area contributed by atoms with Crippen LogP contribution in [0.15, 0.2) is 30.6 Å². The number of aromatic nitrogens is 3. The molecule has 2 atom stereocenters. The molecule has 146 valence electrons. The zero-order chi connectivity index (χ0) is 18.9. The number of benzene rings is 2. The Balaban J connectivity index is 0.00000192. The van der Waals surface area contributed by atoms with Crippen LogP contribution in [0.4, 0.5) is 22.0 Å². The van der Waals surface area contributed by atoms with Crippen molar-refractivity contribution in [1.29, 1.82) is 0 Å². The average Bonchev–Trinajstić information content (AvgIpc) is 3.25. The molecular weight excluding hydrogens is 381 g/mol. The van der Waals surface area contributed by atoms with Gasteiger partial charge < -0.3 is 12.2 Å². The highest BCUT2D eigenvalue weighted by Gasteiger charge is 2.44. The summed E-state index contributed by atoms with van der Waals surface area (Å²) in [5.41, 5.74) is 0.943. The highest BCUT2D eigenvalue weighted by atomic mass is 19.2. The van der Waals surface area contributed by atoms with Gasteiger partial charge in [-0.1, -0.05) is 28.9 Å². The first-order chi connectivity index (χ1) is 13.0. The first kappa shape index (κ1) is 18.5. The van der Waals surface area contributed by atoms with E-state index in [0.29, 0.717) is 16.9 Å². The van der Waals surface area contributed by atoms with Crippen molar-refractivity contribution in [3.8, 4) is 5.69 Å². The molecule has 0 saturated heterocycles. The predicted molar refractivity (Wildman–Crippen MR) is 86.8 cm³/mol. The molecule has 0 spiro atoms. The molecule has 2 aromatic carbocycles. The smallest absolute Gasteiger partial charge is 0.304 e. The Morgan fingerprint density at radius 2 is 1.61 bits per heavy atom. The number of halogens is 5. The van der Waals surface area contributed by atoms with Gasteiger partial charge in [0.25, 0.3) is 0 Å². The summed E-state index contributed by atoms with van der Waals surface area (Å²) >= 11 is 0. The fraction of sp³-hybridized carbons (Fsp3) is 0.211. The van der Waals surface area contributed by atoms with Crippen LogP contribution in [0.25, 0.3) is 5.69 Å². The van der Waals surface area contributed by atoms with Crippen LogP contribution < -0.4 is 4.57 Å². The first-order valence-corrected chi connectivity index (χ1v) is 8.18. The maximum Gasteiger partial charge on any atom is 0.304 e. The van der Waals surface area contributed by atoms with Crippen LogP contribution >= 0.6 is 0 Å². The Labute approximate surface area is 156 Å². The molecule has 1 aromatic heterocycles. The van der Waals surface area contributed by atoms with E-state index in [1.54, 1.807) is 4.57 Å². The molecule has 2 heterocycles. The van der Waals surface area contributed by atoms with Crippen LogP contribution in [-0.4, -0.2) is 15.9 Å². The minimum atomic E-state index is -2.20. The van der Waals surface area contributed by atoms with E-state index in [0.717, 1.165) is 11.1 Å². The molecule has 1 aliphatic carbocycles. The van der Waals surface area contributed by atoms with E-state index < -0.39 is 34.8 Å². The SMILES string of the molecule is Fc1c(F)c(F)c(-n2c[n+]3c(n2)CO[C@H]2Cc4ccccc4[C@H]23)c(F)c1F.[CH3-]. The normalized spacial score (nSPS) is 19.6.